The molecule has 32 heavy (non-hydrogen) atoms. The van der Waals surface area contributed by atoms with Crippen molar-refractivity contribution in [2.24, 2.45) is 0 Å². The second-order valence-corrected chi connectivity index (χ2v) is 7.94. The molecule has 0 radical (unpaired) electrons. The topological polar surface area (TPSA) is 9.23 Å². The number of rotatable bonds is 8. The quantitative estimate of drug-likeness (QED) is 0.273. The molecular formula is C28H25F3O. The molecule has 4 aromatic carbocycles. The maximum atomic E-state index is 15.1. The molecule has 0 saturated carbocycles. The minimum absolute atomic E-state index is 0.122. The number of ether oxygens (including phenoxy) is 1. The van der Waals surface area contributed by atoms with E-state index in [1.807, 2.05) is 30.3 Å². The van der Waals surface area contributed by atoms with Crippen LogP contribution >= 0.6 is 0 Å². The Kier molecular flexibility index (Phi) is 6.79. The van der Waals surface area contributed by atoms with E-state index in [1.165, 1.54) is 17.7 Å². The minimum atomic E-state index is -2.84. The summed E-state index contributed by atoms with van der Waals surface area (Å²) in [6.07, 6.45) is 3.33. The highest BCUT2D eigenvalue weighted by Crippen LogP contribution is 2.28. The van der Waals surface area contributed by atoms with Crippen LogP contribution in [0.25, 0.3) is 21.9 Å². The lowest BCUT2D eigenvalue weighted by Crippen LogP contribution is -2.02. The van der Waals surface area contributed by atoms with Gasteiger partial charge in [0.05, 0.1) is 0 Å². The molecular weight excluding hydrogens is 409 g/mol. The Hall–Kier alpha value is -3.27. The molecule has 0 spiro atoms. The van der Waals surface area contributed by atoms with Crippen molar-refractivity contribution >= 4 is 10.8 Å². The molecule has 0 amide bonds. The Balaban J connectivity index is 1.49. The highest BCUT2D eigenvalue weighted by Gasteiger charge is 2.10. The molecule has 0 aliphatic carbocycles. The van der Waals surface area contributed by atoms with Crippen molar-refractivity contribution in [3.63, 3.8) is 0 Å². The van der Waals surface area contributed by atoms with Gasteiger partial charge in [-0.2, -0.15) is 8.78 Å². The Morgan fingerprint density at radius 1 is 0.719 bits per heavy atom. The van der Waals surface area contributed by atoms with Crippen molar-refractivity contribution in [2.45, 2.75) is 39.2 Å². The maximum Gasteiger partial charge on any atom is 0.387 e. The van der Waals surface area contributed by atoms with E-state index in [4.69, 9.17) is 0 Å². The average Bonchev–Trinajstić information content (AvgIpc) is 2.80. The lowest BCUT2D eigenvalue weighted by molar-refractivity contribution is -0.0498. The van der Waals surface area contributed by atoms with Crippen molar-refractivity contribution < 1.29 is 17.9 Å². The van der Waals surface area contributed by atoms with Crippen LogP contribution in [0, 0.1) is 5.82 Å². The summed E-state index contributed by atoms with van der Waals surface area (Å²) in [5, 5.41) is 1.48. The Bertz CT molecular complexity index is 1180. The van der Waals surface area contributed by atoms with Crippen LogP contribution in [0.3, 0.4) is 0 Å². The molecule has 164 valence electrons. The predicted molar refractivity (Wildman–Crippen MR) is 124 cm³/mol. The zero-order valence-corrected chi connectivity index (χ0v) is 18.0. The van der Waals surface area contributed by atoms with Crippen LogP contribution in [-0.2, 0) is 19.3 Å². The number of hydrogen-bond acceptors (Lipinski definition) is 1. The molecule has 0 unspecified atom stereocenters. The van der Waals surface area contributed by atoms with E-state index >= 15 is 4.39 Å². The minimum Gasteiger partial charge on any atom is -0.435 e. The van der Waals surface area contributed by atoms with Gasteiger partial charge in [-0.15, -0.1) is 0 Å². The van der Waals surface area contributed by atoms with Crippen LogP contribution in [0.2, 0.25) is 0 Å². The van der Waals surface area contributed by atoms with E-state index in [0.29, 0.717) is 23.8 Å². The molecule has 1 nitrogen and oxygen atoms in total. The third kappa shape index (κ3) is 5.13. The lowest BCUT2D eigenvalue weighted by atomic mass is 9.96. The summed E-state index contributed by atoms with van der Waals surface area (Å²) in [4.78, 5) is 0. The van der Waals surface area contributed by atoms with Gasteiger partial charge in [0, 0.05) is 5.39 Å². The number of alkyl halides is 2. The van der Waals surface area contributed by atoms with Crippen LogP contribution < -0.4 is 4.74 Å². The van der Waals surface area contributed by atoms with Crippen LogP contribution in [0.15, 0.2) is 78.9 Å². The first-order chi connectivity index (χ1) is 15.5. The zero-order chi connectivity index (χ0) is 22.5. The van der Waals surface area contributed by atoms with Gasteiger partial charge in [0.2, 0.25) is 0 Å². The highest BCUT2D eigenvalue weighted by atomic mass is 19.3. The third-order valence-corrected chi connectivity index (χ3v) is 5.69. The van der Waals surface area contributed by atoms with Gasteiger partial charge in [0.1, 0.15) is 11.6 Å². The Labute approximate surface area is 186 Å². The lowest BCUT2D eigenvalue weighted by Gasteiger charge is -2.10. The summed E-state index contributed by atoms with van der Waals surface area (Å²) in [5.41, 5.74) is 5.09. The van der Waals surface area contributed by atoms with Gasteiger partial charge < -0.3 is 4.74 Å². The predicted octanol–water partition coefficient (Wildman–Crippen LogP) is 7.99. The van der Waals surface area contributed by atoms with E-state index < -0.39 is 6.61 Å². The first kappa shape index (κ1) is 21.9. The largest absolute Gasteiger partial charge is 0.435 e. The fourth-order valence-corrected chi connectivity index (χ4v) is 3.98. The van der Waals surface area contributed by atoms with Crippen molar-refractivity contribution in [3.8, 4) is 16.9 Å². The molecule has 0 heterocycles. The van der Waals surface area contributed by atoms with Gasteiger partial charge in [-0.25, -0.2) is 4.39 Å². The number of hydrogen-bond donors (Lipinski definition) is 0. The third-order valence-electron chi connectivity index (χ3n) is 5.69. The molecule has 4 rings (SSSR count). The summed E-state index contributed by atoms with van der Waals surface area (Å²) < 4.78 is 44.0. The van der Waals surface area contributed by atoms with Gasteiger partial charge >= 0.3 is 6.61 Å². The highest BCUT2D eigenvalue weighted by molar-refractivity contribution is 5.88. The summed E-state index contributed by atoms with van der Waals surface area (Å²) in [6, 6.07) is 24.7. The van der Waals surface area contributed by atoms with Gasteiger partial charge in [0.25, 0.3) is 0 Å². The molecule has 0 aliphatic rings. The van der Waals surface area contributed by atoms with Crippen LogP contribution in [0.1, 0.15) is 30.0 Å². The Morgan fingerprint density at radius 2 is 1.38 bits per heavy atom. The molecule has 0 saturated heterocycles. The second-order valence-electron chi connectivity index (χ2n) is 7.94. The van der Waals surface area contributed by atoms with Gasteiger partial charge in [-0.05, 0) is 70.7 Å². The summed E-state index contributed by atoms with van der Waals surface area (Å²) >= 11 is 0. The summed E-state index contributed by atoms with van der Waals surface area (Å²) in [7, 11) is 0. The molecule has 0 N–H and O–H groups in total. The SMILES string of the molecule is CCCc1ccc(-c2ccc3c(F)c(CCc4ccc(OC(F)F)cc4)ccc3c2)cc1. The molecule has 0 atom stereocenters. The zero-order valence-electron chi connectivity index (χ0n) is 18.0. The molecule has 0 aliphatic heterocycles. The number of benzene rings is 4. The number of halogens is 3. The van der Waals surface area contributed by atoms with Gasteiger partial charge in [0.15, 0.2) is 0 Å². The fraction of sp³-hybridized carbons (Fsp3) is 0.214. The van der Waals surface area contributed by atoms with E-state index in [0.717, 1.165) is 34.9 Å². The Morgan fingerprint density at radius 3 is 2.06 bits per heavy atom. The monoisotopic (exact) mass is 434 g/mol. The van der Waals surface area contributed by atoms with Crippen LogP contribution in [0.5, 0.6) is 5.75 Å². The first-order valence-electron chi connectivity index (χ1n) is 10.9. The molecule has 0 aromatic heterocycles. The van der Waals surface area contributed by atoms with Crippen molar-refractivity contribution in [2.75, 3.05) is 0 Å². The van der Waals surface area contributed by atoms with Crippen molar-refractivity contribution in [1.29, 1.82) is 0 Å². The first-order valence-corrected chi connectivity index (χ1v) is 10.9. The van der Waals surface area contributed by atoms with Crippen molar-refractivity contribution in [3.05, 3.63) is 101 Å². The van der Waals surface area contributed by atoms with Crippen molar-refractivity contribution in [1.82, 2.24) is 0 Å². The fourth-order valence-electron chi connectivity index (χ4n) is 3.98. The molecule has 0 bridgehead atoms. The molecule has 4 heteroatoms. The van der Waals surface area contributed by atoms with E-state index in [2.05, 4.69) is 35.9 Å². The number of aryl methyl sites for hydroxylation is 3. The molecule has 0 fully saturated rings. The average molecular weight is 435 g/mol. The second kappa shape index (κ2) is 9.90. The standard InChI is InChI=1S/C28H25F3O/c1-2-3-19-4-9-21(10-5-19)23-14-17-26-24(18-23)13-12-22(27(26)29)11-6-20-7-15-25(16-8-20)32-28(30)31/h4-5,7-10,12-18,28H,2-3,6,11H2,1H3. The van der Waals surface area contributed by atoms with Crippen LogP contribution in [0.4, 0.5) is 13.2 Å². The summed E-state index contributed by atoms with van der Waals surface area (Å²) in [5.74, 6) is -0.0820. The van der Waals surface area contributed by atoms with Crippen LogP contribution in [-0.4, -0.2) is 6.61 Å². The van der Waals surface area contributed by atoms with Gasteiger partial charge in [-0.3, -0.25) is 0 Å². The maximum absolute atomic E-state index is 15.1. The normalized spacial score (nSPS) is 11.3. The van der Waals surface area contributed by atoms with E-state index in [-0.39, 0.29) is 11.6 Å². The molecule has 4 aromatic rings. The van der Waals surface area contributed by atoms with E-state index in [1.54, 1.807) is 12.1 Å². The smallest absolute Gasteiger partial charge is 0.387 e. The number of fused-ring (bicyclic) bond motifs is 1. The van der Waals surface area contributed by atoms with Gasteiger partial charge in [-0.1, -0.05) is 74.0 Å². The van der Waals surface area contributed by atoms with E-state index in [9.17, 15) is 8.78 Å². The summed E-state index contributed by atoms with van der Waals surface area (Å²) in [6.45, 7) is -0.671.